The Morgan fingerprint density at radius 1 is 1.29 bits per heavy atom. The summed E-state index contributed by atoms with van der Waals surface area (Å²) < 4.78 is 6.94. The van der Waals surface area contributed by atoms with Gasteiger partial charge in [-0.05, 0) is 12.1 Å². The average Bonchev–Trinajstić information content (AvgIpc) is 2.93. The van der Waals surface area contributed by atoms with Gasteiger partial charge in [-0.3, -0.25) is 9.48 Å². The number of hydrogen-bond donors (Lipinski definition) is 1. The van der Waals surface area contributed by atoms with Crippen LogP contribution in [0.1, 0.15) is 10.4 Å². The number of carbonyl (C=O) groups is 1. The van der Waals surface area contributed by atoms with Crippen molar-refractivity contribution in [3.63, 3.8) is 0 Å². The molecular formula is C14H17N5O2. The van der Waals surface area contributed by atoms with Crippen LogP contribution in [-0.4, -0.2) is 47.0 Å². The van der Waals surface area contributed by atoms with Crippen molar-refractivity contribution in [2.75, 3.05) is 36.5 Å². The second kappa shape index (κ2) is 5.92. The minimum Gasteiger partial charge on any atom is -0.378 e. The van der Waals surface area contributed by atoms with E-state index in [1.54, 1.807) is 36.3 Å². The van der Waals surface area contributed by atoms with Crippen molar-refractivity contribution in [1.29, 1.82) is 0 Å². The first-order chi connectivity index (χ1) is 10.2. The van der Waals surface area contributed by atoms with Gasteiger partial charge < -0.3 is 15.0 Å². The molecule has 0 spiro atoms. The molecule has 3 rings (SSSR count). The molecule has 2 aromatic heterocycles. The maximum absolute atomic E-state index is 12.1. The van der Waals surface area contributed by atoms with Gasteiger partial charge in [0.15, 0.2) is 5.82 Å². The topological polar surface area (TPSA) is 72.3 Å². The summed E-state index contributed by atoms with van der Waals surface area (Å²) >= 11 is 0. The molecule has 3 heterocycles. The van der Waals surface area contributed by atoms with Crippen molar-refractivity contribution in [1.82, 2.24) is 14.8 Å². The minimum absolute atomic E-state index is 0.213. The summed E-state index contributed by atoms with van der Waals surface area (Å²) in [6.45, 7) is 3.08. The molecule has 0 aliphatic carbocycles. The number of aryl methyl sites for hydroxylation is 1. The summed E-state index contributed by atoms with van der Waals surface area (Å²) in [4.78, 5) is 18.6. The molecule has 0 atom stereocenters. The maximum atomic E-state index is 12.1. The lowest BCUT2D eigenvalue weighted by Crippen LogP contribution is -2.36. The van der Waals surface area contributed by atoms with Crippen LogP contribution in [-0.2, 0) is 11.8 Å². The Morgan fingerprint density at radius 2 is 2.10 bits per heavy atom. The Morgan fingerprint density at radius 3 is 2.71 bits per heavy atom. The first-order valence-electron chi connectivity index (χ1n) is 6.82. The lowest BCUT2D eigenvalue weighted by molar-refractivity contribution is 0.102. The average molecular weight is 287 g/mol. The summed E-state index contributed by atoms with van der Waals surface area (Å²) in [5.41, 5.74) is 0.512. The van der Waals surface area contributed by atoms with E-state index in [9.17, 15) is 4.79 Å². The second-order valence-electron chi connectivity index (χ2n) is 4.83. The molecule has 0 radical (unpaired) electrons. The number of amides is 1. The number of nitrogens with one attached hydrogen (secondary N) is 1. The normalized spacial score (nSPS) is 15.0. The monoisotopic (exact) mass is 287 g/mol. The van der Waals surface area contributed by atoms with E-state index in [2.05, 4.69) is 20.3 Å². The number of anilines is 2. The van der Waals surface area contributed by atoms with E-state index >= 15 is 0 Å². The Labute approximate surface area is 122 Å². The van der Waals surface area contributed by atoms with Gasteiger partial charge in [-0.25, -0.2) is 4.98 Å². The van der Waals surface area contributed by atoms with Gasteiger partial charge in [-0.2, -0.15) is 5.10 Å². The van der Waals surface area contributed by atoms with Crippen molar-refractivity contribution in [3.8, 4) is 0 Å². The van der Waals surface area contributed by atoms with E-state index in [1.165, 1.54) is 0 Å². The van der Waals surface area contributed by atoms with Crippen molar-refractivity contribution in [3.05, 3.63) is 36.2 Å². The lowest BCUT2D eigenvalue weighted by Gasteiger charge is -2.27. The molecule has 110 valence electrons. The number of carbonyl (C=O) groups excluding carboxylic acids is 1. The van der Waals surface area contributed by atoms with Crippen LogP contribution in [0.5, 0.6) is 0 Å². The molecule has 1 saturated heterocycles. The summed E-state index contributed by atoms with van der Waals surface area (Å²) in [5.74, 6) is 1.18. The van der Waals surface area contributed by atoms with Crippen LogP contribution >= 0.6 is 0 Å². The number of hydrogen-bond acceptors (Lipinski definition) is 5. The zero-order valence-corrected chi connectivity index (χ0v) is 11.8. The zero-order valence-electron chi connectivity index (χ0n) is 11.8. The standard InChI is InChI=1S/C14H17N5O2/c1-18-5-4-12(17-18)16-14(20)11-2-3-13(15-10-11)19-6-8-21-9-7-19/h2-5,10H,6-9H2,1H3,(H,16,17,20). The van der Waals surface area contributed by atoms with Crippen molar-refractivity contribution in [2.45, 2.75) is 0 Å². The quantitative estimate of drug-likeness (QED) is 0.908. The Hall–Kier alpha value is -2.41. The van der Waals surface area contributed by atoms with Crippen LogP contribution in [0.3, 0.4) is 0 Å². The summed E-state index contributed by atoms with van der Waals surface area (Å²) in [5, 5.41) is 6.84. The Balaban J connectivity index is 1.67. The highest BCUT2D eigenvalue weighted by molar-refractivity contribution is 6.03. The molecule has 7 heteroatoms. The molecule has 21 heavy (non-hydrogen) atoms. The number of rotatable bonds is 3. The molecule has 0 unspecified atom stereocenters. The molecule has 2 aromatic rings. The molecule has 1 amide bonds. The van der Waals surface area contributed by atoms with E-state index in [1.807, 2.05) is 6.07 Å². The predicted octanol–water partition coefficient (Wildman–Crippen LogP) is 0.904. The van der Waals surface area contributed by atoms with Gasteiger partial charge in [-0.1, -0.05) is 0 Å². The van der Waals surface area contributed by atoms with Crippen LogP contribution in [0.15, 0.2) is 30.6 Å². The Kier molecular flexibility index (Phi) is 3.83. The van der Waals surface area contributed by atoms with Gasteiger partial charge in [0.25, 0.3) is 5.91 Å². The maximum Gasteiger partial charge on any atom is 0.258 e. The second-order valence-corrected chi connectivity index (χ2v) is 4.83. The van der Waals surface area contributed by atoms with Gasteiger partial charge in [-0.15, -0.1) is 0 Å². The molecule has 1 N–H and O–H groups in total. The van der Waals surface area contributed by atoms with Crippen molar-refractivity contribution in [2.24, 2.45) is 7.05 Å². The SMILES string of the molecule is Cn1ccc(NC(=O)c2ccc(N3CCOCC3)nc2)n1. The molecule has 7 nitrogen and oxygen atoms in total. The summed E-state index contributed by atoms with van der Waals surface area (Å²) in [7, 11) is 1.80. The fourth-order valence-electron chi connectivity index (χ4n) is 2.17. The van der Waals surface area contributed by atoms with Crippen LogP contribution < -0.4 is 10.2 Å². The molecule has 0 saturated carbocycles. The third-order valence-electron chi connectivity index (χ3n) is 3.30. The van der Waals surface area contributed by atoms with Crippen LogP contribution in [0, 0.1) is 0 Å². The largest absolute Gasteiger partial charge is 0.378 e. The van der Waals surface area contributed by atoms with E-state index in [0.29, 0.717) is 24.6 Å². The van der Waals surface area contributed by atoms with Gasteiger partial charge in [0.2, 0.25) is 0 Å². The minimum atomic E-state index is -0.213. The molecule has 1 aliphatic rings. The number of morpholine rings is 1. The predicted molar refractivity (Wildman–Crippen MR) is 78.4 cm³/mol. The third-order valence-corrected chi connectivity index (χ3v) is 3.30. The molecular weight excluding hydrogens is 270 g/mol. The number of ether oxygens (including phenoxy) is 1. The van der Waals surface area contributed by atoms with Crippen molar-refractivity contribution < 1.29 is 9.53 Å². The van der Waals surface area contributed by atoms with E-state index in [0.717, 1.165) is 18.9 Å². The third kappa shape index (κ3) is 3.19. The number of nitrogens with zero attached hydrogens (tertiary/aromatic N) is 4. The van der Waals surface area contributed by atoms with Crippen LogP contribution in [0.25, 0.3) is 0 Å². The zero-order chi connectivity index (χ0) is 14.7. The van der Waals surface area contributed by atoms with Crippen LogP contribution in [0.2, 0.25) is 0 Å². The highest BCUT2D eigenvalue weighted by Gasteiger charge is 2.13. The summed E-state index contributed by atoms with van der Waals surface area (Å²) in [6.07, 6.45) is 3.36. The smallest absolute Gasteiger partial charge is 0.258 e. The fraction of sp³-hybridized carbons (Fsp3) is 0.357. The van der Waals surface area contributed by atoms with Gasteiger partial charge in [0, 0.05) is 38.6 Å². The molecule has 0 aromatic carbocycles. The first-order valence-corrected chi connectivity index (χ1v) is 6.82. The highest BCUT2D eigenvalue weighted by atomic mass is 16.5. The van der Waals surface area contributed by atoms with Crippen molar-refractivity contribution >= 4 is 17.5 Å². The molecule has 0 bridgehead atoms. The molecule has 1 aliphatic heterocycles. The highest BCUT2D eigenvalue weighted by Crippen LogP contribution is 2.14. The van der Waals surface area contributed by atoms with Gasteiger partial charge >= 0.3 is 0 Å². The van der Waals surface area contributed by atoms with E-state index in [4.69, 9.17) is 4.74 Å². The first kappa shape index (κ1) is 13.6. The van der Waals surface area contributed by atoms with Gasteiger partial charge in [0.1, 0.15) is 5.82 Å². The van der Waals surface area contributed by atoms with E-state index < -0.39 is 0 Å². The summed E-state index contributed by atoms with van der Waals surface area (Å²) in [6, 6.07) is 5.38. The molecule has 1 fully saturated rings. The van der Waals surface area contributed by atoms with Gasteiger partial charge in [0.05, 0.1) is 18.8 Å². The lowest BCUT2D eigenvalue weighted by atomic mass is 10.2. The van der Waals surface area contributed by atoms with Crippen LogP contribution in [0.4, 0.5) is 11.6 Å². The number of pyridine rings is 1. The Bertz CT molecular complexity index is 617. The number of aromatic nitrogens is 3. The van der Waals surface area contributed by atoms with E-state index in [-0.39, 0.29) is 5.91 Å². The fourth-order valence-corrected chi connectivity index (χ4v) is 2.17.